The van der Waals surface area contributed by atoms with E-state index in [0.29, 0.717) is 5.41 Å². The zero-order chi connectivity index (χ0) is 8.28. The summed E-state index contributed by atoms with van der Waals surface area (Å²) in [4.78, 5) is 0. The zero-order valence-electron chi connectivity index (χ0n) is 7.72. The summed E-state index contributed by atoms with van der Waals surface area (Å²) >= 11 is 0. The summed E-state index contributed by atoms with van der Waals surface area (Å²) in [5.41, 5.74) is 0.601. The van der Waals surface area contributed by atoms with Crippen molar-refractivity contribution in [3.8, 4) is 0 Å². The summed E-state index contributed by atoms with van der Waals surface area (Å²) in [6.45, 7) is 6.90. The minimum Gasteiger partial charge on any atom is -0.393 e. The quantitative estimate of drug-likeness (QED) is 0.567. The highest BCUT2D eigenvalue weighted by molar-refractivity contribution is 5.10. The summed E-state index contributed by atoms with van der Waals surface area (Å²) in [5, 5.41) is 9.81. The molecule has 0 saturated heterocycles. The highest BCUT2D eigenvalue weighted by Gasteiger charge is 2.60. The first-order valence-corrected chi connectivity index (χ1v) is 4.66. The molecule has 0 spiro atoms. The van der Waals surface area contributed by atoms with Gasteiger partial charge in [0.25, 0.3) is 0 Å². The van der Waals surface area contributed by atoms with Gasteiger partial charge < -0.3 is 5.11 Å². The fourth-order valence-corrected chi connectivity index (χ4v) is 3.16. The minimum atomic E-state index is -0.0313. The average Bonchev–Trinajstić information content (AvgIpc) is 2.20. The van der Waals surface area contributed by atoms with Crippen molar-refractivity contribution >= 4 is 0 Å². The predicted octanol–water partition coefficient (Wildman–Crippen LogP) is 2.19. The maximum atomic E-state index is 9.81. The second-order valence-electron chi connectivity index (χ2n) is 5.13. The highest BCUT2D eigenvalue weighted by Crippen LogP contribution is 2.65. The second kappa shape index (κ2) is 1.82. The number of rotatable bonds is 0. The van der Waals surface area contributed by atoms with Crippen LogP contribution in [0.15, 0.2) is 0 Å². The van der Waals surface area contributed by atoms with Crippen LogP contribution in [0.1, 0.15) is 40.0 Å². The molecule has 1 unspecified atom stereocenters. The predicted molar refractivity (Wildman–Crippen MR) is 45.2 cm³/mol. The smallest absolute Gasteiger partial charge is 0.0601 e. The first kappa shape index (κ1) is 7.60. The van der Waals surface area contributed by atoms with Gasteiger partial charge in [0.1, 0.15) is 0 Å². The van der Waals surface area contributed by atoms with E-state index >= 15 is 0 Å². The molecule has 0 radical (unpaired) electrons. The van der Waals surface area contributed by atoms with Crippen molar-refractivity contribution in [3.05, 3.63) is 0 Å². The van der Waals surface area contributed by atoms with E-state index in [0.717, 1.165) is 12.3 Å². The molecule has 1 heteroatoms. The molecule has 0 amide bonds. The molecule has 2 aliphatic rings. The van der Waals surface area contributed by atoms with E-state index in [1.165, 1.54) is 12.8 Å². The van der Waals surface area contributed by atoms with Crippen LogP contribution in [-0.4, -0.2) is 11.2 Å². The van der Waals surface area contributed by atoms with E-state index in [-0.39, 0.29) is 11.5 Å². The Balaban J connectivity index is 2.40. The third kappa shape index (κ3) is 0.658. The van der Waals surface area contributed by atoms with Gasteiger partial charge in [-0.1, -0.05) is 20.8 Å². The van der Waals surface area contributed by atoms with E-state index in [2.05, 4.69) is 20.8 Å². The van der Waals surface area contributed by atoms with Gasteiger partial charge in [-0.15, -0.1) is 0 Å². The normalized spacial score (nSPS) is 53.5. The second-order valence-corrected chi connectivity index (χ2v) is 5.13. The average molecular weight is 154 g/mol. The monoisotopic (exact) mass is 154 g/mol. The zero-order valence-corrected chi connectivity index (χ0v) is 7.72. The molecule has 2 aliphatic carbocycles. The Bertz CT molecular complexity index is 185. The highest BCUT2D eigenvalue weighted by atomic mass is 16.3. The molecule has 2 bridgehead atoms. The van der Waals surface area contributed by atoms with Crippen molar-refractivity contribution in [1.82, 2.24) is 0 Å². The molecule has 0 aromatic carbocycles. The van der Waals surface area contributed by atoms with Crippen molar-refractivity contribution in [2.24, 2.45) is 16.7 Å². The molecule has 0 aromatic heterocycles. The van der Waals surface area contributed by atoms with Gasteiger partial charge in [-0.05, 0) is 36.0 Å². The van der Waals surface area contributed by atoms with Gasteiger partial charge in [0.15, 0.2) is 0 Å². The topological polar surface area (TPSA) is 20.2 Å². The van der Waals surface area contributed by atoms with Gasteiger partial charge in [-0.3, -0.25) is 0 Å². The lowest BCUT2D eigenvalue weighted by atomic mass is 9.70. The molecule has 2 rings (SSSR count). The van der Waals surface area contributed by atoms with Crippen LogP contribution < -0.4 is 0 Å². The Morgan fingerprint density at radius 1 is 1.27 bits per heavy atom. The molecule has 1 N–H and O–H groups in total. The van der Waals surface area contributed by atoms with Gasteiger partial charge in [0.05, 0.1) is 6.10 Å². The molecule has 2 fully saturated rings. The van der Waals surface area contributed by atoms with Crippen molar-refractivity contribution in [1.29, 1.82) is 0 Å². The number of aliphatic hydroxyl groups excluding tert-OH is 1. The third-order valence-corrected chi connectivity index (χ3v) is 4.75. The van der Waals surface area contributed by atoms with E-state index < -0.39 is 0 Å². The molecular weight excluding hydrogens is 136 g/mol. The summed E-state index contributed by atoms with van der Waals surface area (Å²) in [5.74, 6) is 0.780. The van der Waals surface area contributed by atoms with Crippen molar-refractivity contribution in [3.63, 3.8) is 0 Å². The van der Waals surface area contributed by atoms with E-state index in [1.807, 2.05) is 0 Å². The van der Waals surface area contributed by atoms with Crippen molar-refractivity contribution in [2.75, 3.05) is 0 Å². The fraction of sp³-hybridized carbons (Fsp3) is 1.00. The third-order valence-electron chi connectivity index (χ3n) is 4.75. The van der Waals surface area contributed by atoms with Gasteiger partial charge in [0.2, 0.25) is 0 Å². The lowest BCUT2D eigenvalue weighted by Crippen LogP contribution is -2.35. The Kier molecular flexibility index (Phi) is 1.26. The molecule has 64 valence electrons. The lowest BCUT2D eigenvalue weighted by molar-refractivity contribution is 0.0126. The van der Waals surface area contributed by atoms with E-state index in [1.54, 1.807) is 0 Å². The SMILES string of the molecule is CC1(C)[C@H]2CCC1(C)[C@@H](O)C2. The van der Waals surface area contributed by atoms with E-state index in [4.69, 9.17) is 0 Å². The van der Waals surface area contributed by atoms with Gasteiger partial charge in [-0.2, -0.15) is 0 Å². The largest absolute Gasteiger partial charge is 0.393 e. The van der Waals surface area contributed by atoms with Crippen LogP contribution in [0.4, 0.5) is 0 Å². The Morgan fingerprint density at radius 3 is 2.09 bits per heavy atom. The van der Waals surface area contributed by atoms with Crippen molar-refractivity contribution in [2.45, 2.75) is 46.1 Å². The number of fused-ring (bicyclic) bond motifs is 2. The van der Waals surface area contributed by atoms with Crippen molar-refractivity contribution < 1.29 is 5.11 Å². The first-order valence-electron chi connectivity index (χ1n) is 4.66. The molecule has 0 aromatic rings. The van der Waals surface area contributed by atoms with Crippen LogP contribution in [0.5, 0.6) is 0 Å². The van der Waals surface area contributed by atoms with Gasteiger partial charge in [0, 0.05) is 0 Å². The number of hydrogen-bond donors (Lipinski definition) is 1. The standard InChI is InChI=1S/C10H18O/c1-9(2)7-4-5-10(9,3)8(11)6-7/h7-8,11H,4-6H2,1-3H3/t7-,8-,10?/m0/s1. The lowest BCUT2D eigenvalue weighted by Gasteiger charge is -2.36. The number of aliphatic hydroxyl groups is 1. The van der Waals surface area contributed by atoms with Crippen LogP contribution in [-0.2, 0) is 0 Å². The van der Waals surface area contributed by atoms with E-state index in [9.17, 15) is 5.11 Å². The Hall–Kier alpha value is -0.0400. The molecule has 0 heterocycles. The maximum absolute atomic E-state index is 9.81. The van der Waals surface area contributed by atoms with Crippen LogP contribution in [0.3, 0.4) is 0 Å². The molecule has 3 atom stereocenters. The Morgan fingerprint density at radius 2 is 1.91 bits per heavy atom. The Labute approximate surface area is 68.8 Å². The molecule has 0 aliphatic heterocycles. The summed E-state index contributed by atoms with van der Waals surface area (Å²) in [7, 11) is 0. The van der Waals surface area contributed by atoms with Crippen LogP contribution in [0.2, 0.25) is 0 Å². The molecule has 11 heavy (non-hydrogen) atoms. The van der Waals surface area contributed by atoms with Crippen LogP contribution in [0, 0.1) is 16.7 Å². The molecular formula is C10H18O. The van der Waals surface area contributed by atoms with Gasteiger partial charge in [-0.25, -0.2) is 0 Å². The summed E-state index contributed by atoms with van der Waals surface area (Å²) < 4.78 is 0. The maximum Gasteiger partial charge on any atom is 0.0601 e. The number of hydrogen-bond acceptors (Lipinski definition) is 1. The minimum absolute atomic E-state index is 0.0313. The molecule has 1 nitrogen and oxygen atoms in total. The molecule has 2 saturated carbocycles. The summed E-state index contributed by atoms with van der Waals surface area (Å²) in [6.07, 6.45) is 3.58. The van der Waals surface area contributed by atoms with Gasteiger partial charge >= 0.3 is 0 Å². The first-order chi connectivity index (χ1) is 4.98. The summed E-state index contributed by atoms with van der Waals surface area (Å²) in [6, 6.07) is 0. The van der Waals surface area contributed by atoms with Crippen LogP contribution >= 0.6 is 0 Å². The van der Waals surface area contributed by atoms with Crippen LogP contribution in [0.25, 0.3) is 0 Å². The fourth-order valence-electron chi connectivity index (χ4n) is 3.16.